The lowest BCUT2D eigenvalue weighted by molar-refractivity contribution is 0.0697. The molecule has 4 nitrogen and oxygen atoms in total. The maximum atomic E-state index is 10.8. The highest BCUT2D eigenvalue weighted by molar-refractivity contribution is 6.41. The first-order valence-corrected chi connectivity index (χ1v) is 4.70. The Bertz CT molecular complexity index is 557. The van der Waals surface area contributed by atoms with Crippen LogP contribution in [0.25, 0.3) is 11.0 Å². The highest BCUT2D eigenvalue weighted by Crippen LogP contribution is 2.29. The van der Waals surface area contributed by atoms with Gasteiger partial charge in [0, 0.05) is 6.20 Å². The third kappa shape index (κ3) is 1.62. The van der Waals surface area contributed by atoms with E-state index in [1.807, 2.05) is 0 Å². The van der Waals surface area contributed by atoms with Crippen LogP contribution < -0.4 is 0 Å². The number of aromatic carboxylic acids is 1. The summed E-state index contributed by atoms with van der Waals surface area (Å²) in [4.78, 5) is 18.7. The van der Waals surface area contributed by atoms with Gasteiger partial charge < -0.3 is 5.11 Å². The molecule has 0 saturated carbocycles. The van der Waals surface area contributed by atoms with E-state index in [4.69, 9.17) is 28.3 Å². The van der Waals surface area contributed by atoms with E-state index in [0.29, 0.717) is 11.0 Å². The Balaban J connectivity index is 2.90. The van der Waals surface area contributed by atoms with Crippen LogP contribution in [-0.2, 0) is 0 Å². The Morgan fingerprint density at radius 2 is 2.13 bits per heavy atom. The van der Waals surface area contributed by atoms with Crippen LogP contribution in [0, 0.1) is 0 Å². The highest BCUT2D eigenvalue weighted by atomic mass is 35.5. The average molecular weight is 243 g/mol. The van der Waals surface area contributed by atoms with Crippen molar-refractivity contribution in [2.45, 2.75) is 0 Å². The SMILES string of the molecule is O=C(O)c1c(Cl)nc2cccnc2c1Cl. The molecule has 0 fully saturated rings. The van der Waals surface area contributed by atoms with Crippen LogP contribution in [0.4, 0.5) is 0 Å². The van der Waals surface area contributed by atoms with Gasteiger partial charge >= 0.3 is 5.97 Å². The number of rotatable bonds is 1. The molecule has 0 saturated heterocycles. The summed E-state index contributed by atoms with van der Waals surface area (Å²) in [5.41, 5.74) is 0.586. The molecule has 0 aliphatic rings. The summed E-state index contributed by atoms with van der Waals surface area (Å²) in [5.74, 6) is -1.22. The third-order valence-electron chi connectivity index (χ3n) is 1.85. The topological polar surface area (TPSA) is 63.1 Å². The first-order valence-electron chi connectivity index (χ1n) is 3.94. The number of carboxylic acids is 1. The second-order valence-corrected chi connectivity index (χ2v) is 3.50. The fraction of sp³-hybridized carbons (Fsp3) is 0. The van der Waals surface area contributed by atoms with Crippen LogP contribution in [-0.4, -0.2) is 21.0 Å². The van der Waals surface area contributed by atoms with Crippen molar-refractivity contribution < 1.29 is 9.90 Å². The Kier molecular flexibility index (Phi) is 2.46. The van der Waals surface area contributed by atoms with Crippen molar-refractivity contribution in [1.29, 1.82) is 0 Å². The number of hydrogen-bond acceptors (Lipinski definition) is 3. The molecular weight excluding hydrogens is 239 g/mol. The number of hydrogen-bond donors (Lipinski definition) is 1. The molecule has 0 bridgehead atoms. The van der Waals surface area contributed by atoms with Gasteiger partial charge in [0.15, 0.2) is 0 Å². The van der Waals surface area contributed by atoms with Gasteiger partial charge in [-0.3, -0.25) is 4.98 Å². The minimum absolute atomic E-state index is 0.0121. The van der Waals surface area contributed by atoms with Gasteiger partial charge in [0.1, 0.15) is 16.2 Å². The van der Waals surface area contributed by atoms with Crippen LogP contribution in [0.15, 0.2) is 18.3 Å². The molecule has 2 rings (SSSR count). The molecule has 2 aromatic rings. The monoisotopic (exact) mass is 242 g/mol. The fourth-order valence-corrected chi connectivity index (χ4v) is 1.84. The van der Waals surface area contributed by atoms with Crippen molar-refractivity contribution >= 4 is 40.2 Å². The van der Waals surface area contributed by atoms with Crippen LogP contribution in [0.5, 0.6) is 0 Å². The molecule has 2 aromatic heterocycles. The summed E-state index contributed by atoms with van der Waals surface area (Å²) < 4.78 is 0. The Morgan fingerprint density at radius 1 is 1.40 bits per heavy atom. The Hall–Kier alpha value is -1.39. The van der Waals surface area contributed by atoms with Crippen LogP contribution >= 0.6 is 23.2 Å². The molecule has 0 amide bonds. The quantitative estimate of drug-likeness (QED) is 0.782. The second kappa shape index (κ2) is 3.64. The molecule has 6 heteroatoms. The van der Waals surface area contributed by atoms with E-state index in [0.717, 1.165) is 0 Å². The van der Waals surface area contributed by atoms with Gasteiger partial charge in [-0.25, -0.2) is 9.78 Å². The van der Waals surface area contributed by atoms with Gasteiger partial charge in [-0.1, -0.05) is 23.2 Å². The maximum Gasteiger partial charge on any atom is 0.340 e. The highest BCUT2D eigenvalue weighted by Gasteiger charge is 2.18. The number of fused-ring (bicyclic) bond motifs is 1. The van der Waals surface area contributed by atoms with Gasteiger partial charge in [-0.05, 0) is 12.1 Å². The van der Waals surface area contributed by atoms with Crippen molar-refractivity contribution in [3.05, 3.63) is 34.1 Å². The van der Waals surface area contributed by atoms with Gasteiger partial charge in [-0.15, -0.1) is 0 Å². The van der Waals surface area contributed by atoms with Crippen molar-refractivity contribution in [3.63, 3.8) is 0 Å². The van der Waals surface area contributed by atoms with Crippen LogP contribution in [0.3, 0.4) is 0 Å². The first kappa shape index (κ1) is 10.1. The third-order valence-corrected chi connectivity index (χ3v) is 2.49. The van der Waals surface area contributed by atoms with E-state index < -0.39 is 5.97 Å². The number of halogens is 2. The Labute approximate surface area is 94.5 Å². The summed E-state index contributed by atoms with van der Waals surface area (Å²) in [6.45, 7) is 0. The molecule has 0 atom stereocenters. The smallest absolute Gasteiger partial charge is 0.340 e. The standard InChI is InChI=1S/C9H4Cl2N2O2/c10-6-5(9(14)15)8(11)13-4-2-1-3-12-7(4)6/h1-3H,(H,14,15). The molecule has 0 aliphatic heterocycles. The van der Waals surface area contributed by atoms with E-state index in [-0.39, 0.29) is 15.7 Å². The van der Waals surface area contributed by atoms with Crippen LogP contribution in [0.1, 0.15) is 10.4 Å². The van der Waals surface area contributed by atoms with Crippen molar-refractivity contribution in [2.75, 3.05) is 0 Å². The number of pyridine rings is 2. The summed E-state index contributed by atoms with van der Waals surface area (Å²) >= 11 is 11.6. The molecule has 1 N–H and O–H groups in total. The van der Waals surface area contributed by atoms with Crippen molar-refractivity contribution in [1.82, 2.24) is 9.97 Å². The zero-order valence-electron chi connectivity index (χ0n) is 7.24. The van der Waals surface area contributed by atoms with E-state index >= 15 is 0 Å². The largest absolute Gasteiger partial charge is 0.478 e. The normalized spacial score (nSPS) is 10.5. The lowest BCUT2D eigenvalue weighted by atomic mass is 10.2. The molecule has 0 aliphatic carbocycles. The van der Waals surface area contributed by atoms with Gasteiger partial charge in [0.25, 0.3) is 0 Å². The van der Waals surface area contributed by atoms with E-state index in [1.54, 1.807) is 12.1 Å². The van der Waals surface area contributed by atoms with Gasteiger partial charge in [-0.2, -0.15) is 0 Å². The van der Waals surface area contributed by atoms with Gasteiger partial charge in [0.05, 0.1) is 10.5 Å². The molecule has 15 heavy (non-hydrogen) atoms. The molecule has 76 valence electrons. The summed E-state index contributed by atoms with van der Waals surface area (Å²) in [6.07, 6.45) is 1.51. The lowest BCUT2D eigenvalue weighted by Crippen LogP contribution is -2.02. The number of carboxylic acid groups (broad SMARTS) is 1. The number of aromatic nitrogens is 2. The lowest BCUT2D eigenvalue weighted by Gasteiger charge is -2.04. The number of carbonyl (C=O) groups is 1. The molecule has 0 spiro atoms. The average Bonchev–Trinajstić information content (AvgIpc) is 2.17. The summed E-state index contributed by atoms with van der Waals surface area (Å²) in [6, 6.07) is 3.33. The zero-order valence-corrected chi connectivity index (χ0v) is 8.75. The molecule has 0 aromatic carbocycles. The van der Waals surface area contributed by atoms with Crippen molar-refractivity contribution in [3.8, 4) is 0 Å². The van der Waals surface area contributed by atoms with E-state index in [2.05, 4.69) is 9.97 Å². The Morgan fingerprint density at radius 3 is 2.80 bits per heavy atom. The minimum Gasteiger partial charge on any atom is -0.478 e. The van der Waals surface area contributed by atoms with E-state index in [9.17, 15) is 4.79 Å². The van der Waals surface area contributed by atoms with Crippen molar-refractivity contribution in [2.24, 2.45) is 0 Å². The van der Waals surface area contributed by atoms with Gasteiger partial charge in [0.2, 0.25) is 0 Å². The predicted octanol–water partition coefficient (Wildman–Crippen LogP) is 2.63. The second-order valence-electron chi connectivity index (χ2n) is 2.77. The molecule has 2 heterocycles. The molecular formula is C9H4Cl2N2O2. The first-order chi connectivity index (χ1) is 7.11. The maximum absolute atomic E-state index is 10.8. The number of nitrogens with zero attached hydrogens (tertiary/aromatic N) is 2. The zero-order chi connectivity index (χ0) is 11.0. The summed E-state index contributed by atoms with van der Waals surface area (Å²) in [5, 5.41) is 8.75. The fourth-order valence-electron chi connectivity index (χ4n) is 1.21. The van der Waals surface area contributed by atoms with Crippen LogP contribution in [0.2, 0.25) is 10.2 Å². The van der Waals surface area contributed by atoms with E-state index in [1.165, 1.54) is 6.20 Å². The minimum atomic E-state index is -1.22. The molecule has 0 radical (unpaired) electrons. The summed E-state index contributed by atoms with van der Waals surface area (Å²) in [7, 11) is 0. The predicted molar refractivity (Wildman–Crippen MR) is 56.5 cm³/mol. The molecule has 0 unspecified atom stereocenters.